The molecule has 0 fully saturated rings. The fourth-order valence-electron chi connectivity index (χ4n) is 6.92. The van der Waals surface area contributed by atoms with Crippen LogP contribution >= 0.6 is 0 Å². The second kappa shape index (κ2) is 16.4. The molecule has 12 heteroatoms. The van der Waals surface area contributed by atoms with E-state index in [0.717, 1.165) is 11.1 Å². The summed E-state index contributed by atoms with van der Waals surface area (Å²) in [6.45, 7) is 0. The molecule has 8 aromatic rings. The molecular formula is C48H34N4O8. The average Bonchev–Trinajstić information content (AvgIpc) is 3.31. The SMILES string of the molecule is COC(=O)c1cccc(-c2nc3ccc(-c4ccc5nc(-c6cccc(C(=O)OC)c6)c(-c6cccc(C(=O)OC)c6)nc5c4)cc3nc2-c2cccc(C(=O)OC)c2)c1. The molecule has 0 atom stereocenters. The maximum absolute atomic E-state index is 12.6. The van der Waals surface area contributed by atoms with Crippen LogP contribution in [0.5, 0.6) is 0 Å². The minimum absolute atomic E-state index is 0.341. The summed E-state index contributed by atoms with van der Waals surface area (Å²) in [5.74, 6) is -1.98. The molecule has 0 bridgehead atoms. The van der Waals surface area contributed by atoms with Crippen LogP contribution in [-0.4, -0.2) is 72.3 Å². The molecule has 6 aromatic carbocycles. The smallest absolute Gasteiger partial charge is 0.337 e. The predicted octanol–water partition coefficient (Wildman–Crippen LogP) is 9.05. The molecule has 0 radical (unpaired) electrons. The molecule has 2 aromatic heterocycles. The first-order valence-corrected chi connectivity index (χ1v) is 18.6. The molecule has 0 unspecified atom stereocenters. The summed E-state index contributed by atoms with van der Waals surface area (Å²) in [7, 11) is 5.29. The summed E-state index contributed by atoms with van der Waals surface area (Å²) in [5.41, 5.74) is 9.83. The Morgan fingerprint density at radius 3 is 0.850 bits per heavy atom. The fraction of sp³-hybridized carbons (Fsp3) is 0.0833. The van der Waals surface area contributed by atoms with E-state index in [-0.39, 0.29) is 0 Å². The van der Waals surface area contributed by atoms with E-state index < -0.39 is 23.9 Å². The zero-order chi connectivity index (χ0) is 41.9. The van der Waals surface area contributed by atoms with Crippen molar-refractivity contribution in [3.05, 3.63) is 156 Å². The van der Waals surface area contributed by atoms with E-state index in [2.05, 4.69) is 0 Å². The van der Waals surface area contributed by atoms with Crippen LogP contribution in [0.4, 0.5) is 0 Å². The van der Waals surface area contributed by atoms with Crippen LogP contribution in [0.3, 0.4) is 0 Å². The Labute approximate surface area is 343 Å². The van der Waals surface area contributed by atoms with Crippen molar-refractivity contribution in [1.29, 1.82) is 0 Å². The van der Waals surface area contributed by atoms with Crippen molar-refractivity contribution in [2.45, 2.75) is 0 Å². The Kier molecular flexibility index (Phi) is 10.6. The Bertz CT molecular complexity index is 2830. The lowest BCUT2D eigenvalue weighted by molar-refractivity contribution is 0.0592. The number of esters is 4. The van der Waals surface area contributed by atoms with Gasteiger partial charge >= 0.3 is 23.9 Å². The van der Waals surface area contributed by atoms with Gasteiger partial charge in [0.2, 0.25) is 0 Å². The summed E-state index contributed by atoms with van der Waals surface area (Å²) in [6.07, 6.45) is 0. The van der Waals surface area contributed by atoms with E-state index in [9.17, 15) is 19.2 Å². The van der Waals surface area contributed by atoms with Gasteiger partial charge in [0.05, 0.1) is 95.5 Å². The topological polar surface area (TPSA) is 157 Å². The van der Waals surface area contributed by atoms with Gasteiger partial charge in [-0.3, -0.25) is 0 Å². The monoisotopic (exact) mass is 794 g/mol. The number of ether oxygens (including phenoxy) is 4. The van der Waals surface area contributed by atoms with E-state index in [1.54, 1.807) is 72.8 Å². The highest BCUT2D eigenvalue weighted by Crippen LogP contribution is 2.36. The molecular weight excluding hydrogens is 761 g/mol. The number of benzene rings is 6. The van der Waals surface area contributed by atoms with Crippen molar-refractivity contribution in [1.82, 2.24) is 19.9 Å². The van der Waals surface area contributed by atoms with Gasteiger partial charge in [-0.1, -0.05) is 60.7 Å². The molecule has 12 nitrogen and oxygen atoms in total. The number of nitrogens with zero attached hydrogens (tertiary/aromatic N) is 4. The number of fused-ring (bicyclic) bond motifs is 2. The van der Waals surface area contributed by atoms with Crippen LogP contribution in [0.25, 0.3) is 78.2 Å². The third-order valence-corrected chi connectivity index (χ3v) is 9.89. The largest absolute Gasteiger partial charge is 0.465 e. The molecule has 0 saturated heterocycles. The van der Waals surface area contributed by atoms with E-state index in [1.807, 2.05) is 60.7 Å². The maximum Gasteiger partial charge on any atom is 0.337 e. The first-order chi connectivity index (χ1) is 29.2. The number of carbonyl (C=O) groups excluding carboxylic acids is 4. The van der Waals surface area contributed by atoms with Gasteiger partial charge in [0.15, 0.2) is 0 Å². The average molecular weight is 795 g/mol. The predicted molar refractivity (Wildman–Crippen MR) is 225 cm³/mol. The Morgan fingerprint density at radius 1 is 0.317 bits per heavy atom. The normalized spacial score (nSPS) is 10.9. The molecule has 0 N–H and O–H groups in total. The lowest BCUT2D eigenvalue weighted by atomic mass is 9.99. The third kappa shape index (κ3) is 7.52. The molecule has 60 heavy (non-hydrogen) atoms. The summed E-state index contributed by atoms with van der Waals surface area (Å²) in [5, 5.41) is 0. The van der Waals surface area contributed by atoms with Crippen LogP contribution in [0.15, 0.2) is 133 Å². The molecule has 0 spiro atoms. The van der Waals surface area contributed by atoms with E-state index in [1.165, 1.54) is 28.4 Å². The lowest BCUT2D eigenvalue weighted by Gasteiger charge is -2.14. The van der Waals surface area contributed by atoms with Gasteiger partial charge in [-0.25, -0.2) is 39.1 Å². The second-order valence-electron chi connectivity index (χ2n) is 13.5. The van der Waals surface area contributed by atoms with Gasteiger partial charge in [-0.15, -0.1) is 0 Å². The van der Waals surface area contributed by atoms with Crippen molar-refractivity contribution in [3.63, 3.8) is 0 Å². The summed E-state index contributed by atoms with van der Waals surface area (Å²) in [6, 6.07) is 39.2. The Balaban J connectivity index is 1.28. The van der Waals surface area contributed by atoms with Gasteiger partial charge in [0, 0.05) is 22.3 Å². The summed E-state index contributed by atoms with van der Waals surface area (Å²) >= 11 is 0. The fourth-order valence-corrected chi connectivity index (χ4v) is 6.92. The molecule has 294 valence electrons. The van der Waals surface area contributed by atoms with Crippen molar-refractivity contribution < 1.29 is 38.1 Å². The van der Waals surface area contributed by atoms with E-state index >= 15 is 0 Å². The van der Waals surface area contributed by atoms with E-state index in [4.69, 9.17) is 38.9 Å². The van der Waals surface area contributed by atoms with Gasteiger partial charge < -0.3 is 18.9 Å². The molecule has 2 heterocycles. The van der Waals surface area contributed by atoms with Crippen LogP contribution < -0.4 is 0 Å². The zero-order valence-electron chi connectivity index (χ0n) is 32.8. The molecule has 0 amide bonds. The van der Waals surface area contributed by atoms with Crippen molar-refractivity contribution in [2.24, 2.45) is 0 Å². The number of hydrogen-bond donors (Lipinski definition) is 0. The number of methoxy groups -OCH3 is 4. The van der Waals surface area contributed by atoms with Gasteiger partial charge in [-0.05, 0) is 83.9 Å². The molecule has 0 aliphatic carbocycles. The van der Waals surface area contributed by atoms with Gasteiger partial charge in [-0.2, -0.15) is 0 Å². The lowest BCUT2D eigenvalue weighted by Crippen LogP contribution is -2.03. The molecule has 0 aliphatic rings. The zero-order valence-corrected chi connectivity index (χ0v) is 32.8. The summed E-state index contributed by atoms with van der Waals surface area (Å²) < 4.78 is 19.9. The molecule has 8 rings (SSSR count). The highest BCUT2D eigenvalue weighted by molar-refractivity contribution is 5.97. The van der Waals surface area contributed by atoms with Crippen LogP contribution in [-0.2, 0) is 18.9 Å². The maximum atomic E-state index is 12.6. The highest BCUT2D eigenvalue weighted by Gasteiger charge is 2.20. The van der Waals surface area contributed by atoms with Crippen LogP contribution in [0.2, 0.25) is 0 Å². The first kappa shape index (κ1) is 38.7. The minimum atomic E-state index is -0.498. The van der Waals surface area contributed by atoms with Crippen molar-refractivity contribution in [3.8, 4) is 56.2 Å². The highest BCUT2D eigenvalue weighted by atomic mass is 16.5. The van der Waals surface area contributed by atoms with E-state index in [0.29, 0.717) is 89.4 Å². The minimum Gasteiger partial charge on any atom is -0.465 e. The summed E-state index contributed by atoms with van der Waals surface area (Å²) in [4.78, 5) is 70.4. The third-order valence-electron chi connectivity index (χ3n) is 9.89. The number of hydrogen-bond acceptors (Lipinski definition) is 12. The quantitative estimate of drug-likeness (QED) is 0.101. The Morgan fingerprint density at radius 2 is 0.583 bits per heavy atom. The van der Waals surface area contributed by atoms with Crippen molar-refractivity contribution >= 4 is 45.9 Å². The van der Waals surface area contributed by atoms with Crippen LogP contribution in [0, 0.1) is 0 Å². The number of aromatic nitrogens is 4. The van der Waals surface area contributed by atoms with Crippen LogP contribution in [0.1, 0.15) is 41.4 Å². The van der Waals surface area contributed by atoms with Gasteiger partial charge in [0.1, 0.15) is 0 Å². The molecule has 0 aliphatic heterocycles. The second-order valence-corrected chi connectivity index (χ2v) is 13.5. The number of rotatable bonds is 9. The molecule has 0 saturated carbocycles. The number of carbonyl (C=O) groups is 4. The Hall–Kier alpha value is -8.12. The first-order valence-electron chi connectivity index (χ1n) is 18.6. The van der Waals surface area contributed by atoms with Gasteiger partial charge in [0.25, 0.3) is 0 Å². The standard InChI is InChI=1S/C48H34N4O8/c1-57-45(53)33-13-5-9-29(21-33)41-43(31-11-7-15-35(23-31)47(55)59-3)51-39-25-27(17-19-37(39)49-41)28-18-20-38-40(26-28)52-44(32-12-8-16-36(24-32)48(56)60-4)42(50-38)30-10-6-14-34(22-30)46(54)58-2/h5-26H,1-4H3. The van der Waals surface area contributed by atoms with Crippen molar-refractivity contribution in [2.75, 3.05) is 28.4 Å².